The summed E-state index contributed by atoms with van der Waals surface area (Å²) in [5.74, 6) is -0.873. The Balaban J connectivity index is 1.49. The standard InChI is InChI=1S/C30H24N4O3/c1-20-10-9-13-22(18-20)31-28(35)25-16-7-8-17-26(25)32-29(36)27-23-14-5-6-15-24(23)30(37)34(33-27)19-21-11-3-2-4-12-21/h2-18H,19H2,1H3,(H,31,35)(H,32,36). The Morgan fingerprint density at radius 3 is 2.24 bits per heavy atom. The van der Waals surface area contributed by atoms with Crippen LogP contribution in [0.5, 0.6) is 0 Å². The van der Waals surface area contributed by atoms with E-state index in [4.69, 9.17) is 0 Å². The third-order valence-electron chi connectivity index (χ3n) is 5.95. The number of nitrogens with zero attached hydrogens (tertiary/aromatic N) is 2. The summed E-state index contributed by atoms with van der Waals surface area (Å²) in [4.78, 5) is 39.7. The SMILES string of the molecule is Cc1cccc(NC(=O)c2ccccc2NC(=O)c2nn(Cc3ccccc3)c(=O)c3ccccc23)c1. The molecule has 2 amide bonds. The molecule has 0 radical (unpaired) electrons. The number of amides is 2. The molecule has 1 heterocycles. The van der Waals surface area contributed by atoms with Gasteiger partial charge in [0.15, 0.2) is 5.69 Å². The predicted octanol–water partition coefficient (Wildman–Crippen LogP) is 5.26. The largest absolute Gasteiger partial charge is 0.322 e. The fraction of sp³-hybridized carbons (Fsp3) is 0.0667. The van der Waals surface area contributed by atoms with Crippen molar-refractivity contribution in [1.29, 1.82) is 0 Å². The second kappa shape index (κ2) is 10.3. The highest BCUT2D eigenvalue weighted by Crippen LogP contribution is 2.21. The molecule has 0 aliphatic carbocycles. The van der Waals surface area contributed by atoms with Gasteiger partial charge in [0.1, 0.15) is 0 Å². The van der Waals surface area contributed by atoms with Gasteiger partial charge >= 0.3 is 0 Å². The molecule has 0 saturated carbocycles. The maximum atomic E-state index is 13.5. The second-order valence-electron chi connectivity index (χ2n) is 8.67. The van der Waals surface area contributed by atoms with Crippen molar-refractivity contribution in [2.24, 2.45) is 0 Å². The van der Waals surface area contributed by atoms with Crippen molar-refractivity contribution < 1.29 is 9.59 Å². The van der Waals surface area contributed by atoms with Gasteiger partial charge < -0.3 is 10.6 Å². The highest BCUT2D eigenvalue weighted by molar-refractivity contribution is 6.15. The Hall–Kier alpha value is -5.04. The zero-order valence-electron chi connectivity index (χ0n) is 20.1. The molecule has 0 aliphatic heterocycles. The van der Waals surface area contributed by atoms with Gasteiger partial charge in [-0.05, 0) is 48.4 Å². The molecule has 1 aromatic heterocycles. The number of rotatable bonds is 6. The van der Waals surface area contributed by atoms with E-state index in [1.54, 1.807) is 54.6 Å². The Bertz CT molecular complexity index is 1680. The molecule has 0 fully saturated rings. The van der Waals surface area contributed by atoms with Crippen LogP contribution in [0.1, 0.15) is 32.0 Å². The van der Waals surface area contributed by atoms with Crippen LogP contribution in [-0.2, 0) is 6.54 Å². The van der Waals surface area contributed by atoms with E-state index >= 15 is 0 Å². The number of hydrogen-bond acceptors (Lipinski definition) is 4. The van der Waals surface area contributed by atoms with E-state index in [2.05, 4.69) is 15.7 Å². The fourth-order valence-electron chi connectivity index (χ4n) is 4.16. The number of para-hydroxylation sites is 1. The Morgan fingerprint density at radius 1 is 0.757 bits per heavy atom. The van der Waals surface area contributed by atoms with E-state index in [-0.39, 0.29) is 23.7 Å². The first-order valence-corrected chi connectivity index (χ1v) is 11.8. The van der Waals surface area contributed by atoms with Gasteiger partial charge in [-0.1, -0.05) is 72.8 Å². The second-order valence-corrected chi connectivity index (χ2v) is 8.67. The molecular formula is C30H24N4O3. The number of nitrogens with one attached hydrogen (secondary N) is 2. The van der Waals surface area contributed by atoms with E-state index in [1.165, 1.54) is 4.68 Å². The molecule has 5 aromatic rings. The van der Waals surface area contributed by atoms with E-state index in [0.717, 1.165) is 11.1 Å². The molecule has 0 spiro atoms. The third-order valence-corrected chi connectivity index (χ3v) is 5.95. The van der Waals surface area contributed by atoms with Crippen LogP contribution >= 0.6 is 0 Å². The van der Waals surface area contributed by atoms with E-state index in [1.807, 2.05) is 55.5 Å². The van der Waals surface area contributed by atoms with Crippen molar-refractivity contribution in [1.82, 2.24) is 9.78 Å². The molecular weight excluding hydrogens is 464 g/mol. The smallest absolute Gasteiger partial charge is 0.276 e. The van der Waals surface area contributed by atoms with Gasteiger partial charge in [0.2, 0.25) is 0 Å². The van der Waals surface area contributed by atoms with Gasteiger partial charge in [-0.3, -0.25) is 14.4 Å². The average Bonchev–Trinajstić information content (AvgIpc) is 2.91. The summed E-state index contributed by atoms with van der Waals surface area (Å²) < 4.78 is 1.29. The normalized spacial score (nSPS) is 10.7. The van der Waals surface area contributed by atoms with Gasteiger partial charge in [-0.15, -0.1) is 0 Å². The van der Waals surface area contributed by atoms with E-state index in [0.29, 0.717) is 27.7 Å². The first kappa shape index (κ1) is 23.7. The number of anilines is 2. The number of carbonyl (C=O) groups is 2. The number of hydrogen-bond donors (Lipinski definition) is 2. The lowest BCUT2D eigenvalue weighted by molar-refractivity contribution is 0.102. The van der Waals surface area contributed by atoms with Crippen LogP contribution in [0.15, 0.2) is 108 Å². The van der Waals surface area contributed by atoms with Crippen molar-refractivity contribution in [2.75, 3.05) is 10.6 Å². The Kier molecular flexibility index (Phi) is 6.59. The van der Waals surface area contributed by atoms with E-state index < -0.39 is 5.91 Å². The maximum absolute atomic E-state index is 13.5. The molecule has 0 saturated heterocycles. The number of aryl methyl sites for hydroxylation is 1. The van der Waals surface area contributed by atoms with Crippen LogP contribution < -0.4 is 16.2 Å². The molecule has 0 bridgehead atoms. The first-order chi connectivity index (χ1) is 18.0. The van der Waals surface area contributed by atoms with Gasteiger partial charge in [-0.2, -0.15) is 5.10 Å². The summed E-state index contributed by atoms with van der Waals surface area (Å²) in [7, 11) is 0. The zero-order valence-corrected chi connectivity index (χ0v) is 20.1. The summed E-state index contributed by atoms with van der Waals surface area (Å²) in [6.07, 6.45) is 0. The molecule has 182 valence electrons. The molecule has 37 heavy (non-hydrogen) atoms. The summed E-state index contributed by atoms with van der Waals surface area (Å²) in [5.41, 5.74) is 3.02. The topological polar surface area (TPSA) is 93.1 Å². The van der Waals surface area contributed by atoms with Crippen LogP contribution in [0.25, 0.3) is 10.8 Å². The van der Waals surface area contributed by atoms with Crippen LogP contribution in [0.4, 0.5) is 11.4 Å². The van der Waals surface area contributed by atoms with Gasteiger partial charge in [0.25, 0.3) is 17.4 Å². The molecule has 7 nitrogen and oxygen atoms in total. The van der Waals surface area contributed by atoms with Gasteiger partial charge in [0, 0.05) is 11.1 Å². The number of benzene rings is 4. The summed E-state index contributed by atoms with van der Waals surface area (Å²) in [6, 6.07) is 30.6. The minimum atomic E-state index is -0.520. The highest BCUT2D eigenvalue weighted by atomic mass is 16.2. The summed E-state index contributed by atoms with van der Waals surface area (Å²) in [6.45, 7) is 2.17. The summed E-state index contributed by atoms with van der Waals surface area (Å²) in [5, 5.41) is 11.0. The monoisotopic (exact) mass is 488 g/mol. The van der Waals surface area contributed by atoms with Crippen LogP contribution in [0.2, 0.25) is 0 Å². The number of carbonyl (C=O) groups excluding carboxylic acids is 2. The number of fused-ring (bicyclic) bond motifs is 1. The minimum absolute atomic E-state index is 0.0972. The number of aromatic nitrogens is 2. The molecule has 5 rings (SSSR count). The lowest BCUT2D eigenvalue weighted by atomic mass is 10.1. The van der Waals surface area contributed by atoms with Crippen LogP contribution in [-0.4, -0.2) is 21.6 Å². The maximum Gasteiger partial charge on any atom is 0.276 e. The van der Waals surface area contributed by atoms with Gasteiger partial charge in [0.05, 0.1) is 23.2 Å². The summed E-state index contributed by atoms with van der Waals surface area (Å²) >= 11 is 0. The molecule has 7 heteroatoms. The lowest BCUT2D eigenvalue weighted by Gasteiger charge is -2.14. The molecule has 0 aliphatic rings. The molecule has 0 unspecified atom stereocenters. The zero-order chi connectivity index (χ0) is 25.8. The van der Waals surface area contributed by atoms with Crippen molar-refractivity contribution in [3.05, 3.63) is 136 Å². The van der Waals surface area contributed by atoms with Crippen LogP contribution in [0, 0.1) is 6.92 Å². The van der Waals surface area contributed by atoms with Crippen LogP contribution in [0.3, 0.4) is 0 Å². The van der Waals surface area contributed by atoms with Crippen molar-refractivity contribution in [2.45, 2.75) is 13.5 Å². The third kappa shape index (κ3) is 5.16. The quantitative estimate of drug-likeness (QED) is 0.341. The minimum Gasteiger partial charge on any atom is -0.322 e. The van der Waals surface area contributed by atoms with Crippen molar-refractivity contribution >= 4 is 34.0 Å². The Labute approximate surface area is 213 Å². The van der Waals surface area contributed by atoms with E-state index in [9.17, 15) is 14.4 Å². The van der Waals surface area contributed by atoms with Gasteiger partial charge in [-0.25, -0.2) is 4.68 Å². The highest BCUT2D eigenvalue weighted by Gasteiger charge is 2.19. The molecule has 0 atom stereocenters. The first-order valence-electron chi connectivity index (χ1n) is 11.8. The average molecular weight is 489 g/mol. The Morgan fingerprint density at radius 2 is 1.46 bits per heavy atom. The van der Waals surface area contributed by atoms with Crippen molar-refractivity contribution in [3.63, 3.8) is 0 Å². The predicted molar refractivity (Wildman–Crippen MR) is 145 cm³/mol. The fourth-order valence-corrected chi connectivity index (χ4v) is 4.16. The van der Waals surface area contributed by atoms with Crippen molar-refractivity contribution in [3.8, 4) is 0 Å². The molecule has 4 aromatic carbocycles. The lowest BCUT2D eigenvalue weighted by Crippen LogP contribution is -2.28. The molecule has 2 N–H and O–H groups in total.